The topological polar surface area (TPSA) is 129 Å². The van der Waals surface area contributed by atoms with Gasteiger partial charge >= 0.3 is 51.4 Å². The summed E-state index contributed by atoms with van der Waals surface area (Å²) in [6.07, 6.45) is 6.08. The van der Waals surface area contributed by atoms with Gasteiger partial charge in [0, 0.05) is 67.0 Å². The number of nitrogens with two attached hydrogens (primary N) is 1. The molecule has 0 unspecified atom stereocenters. The molecule has 3 N–H and O–H groups in total. The van der Waals surface area contributed by atoms with Gasteiger partial charge in [-0.3, -0.25) is 4.98 Å². The van der Waals surface area contributed by atoms with Crippen LogP contribution >= 0.6 is 0 Å². The van der Waals surface area contributed by atoms with Crippen LogP contribution in [-0.4, -0.2) is 46.2 Å². The Bertz CT molecular complexity index is 1270. The number of nitrogens with zero attached hydrogens (tertiary/aromatic N) is 5. The molecule has 0 amide bonds. The Labute approximate surface area is 234 Å². The van der Waals surface area contributed by atoms with E-state index in [1.807, 2.05) is 24.4 Å². The first-order chi connectivity index (χ1) is 15.2. The Kier molecular flexibility index (Phi) is 8.22. The molecule has 3 aromatic heterocycles. The summed E-state index contributed by atoms with van der Waals surface area (Å²) in [7, 11) is 3.19. The van der Waals surface area contributed by atoms with Crippen molar-refractivity contribution in [1.82, 2.24) is 19.9 Å². The normalized spacial score (nSPS) is 12.4. The first kappa shape index (κ1) is 25.3. The summed E-state index contributed by atoms with van der Waals surface area (Å²) in [5.41, 5.74) is 10.9. The largest absolute Gasteiger partial charge is 1.00 e. The van der Waals surface area contributed by atoms with Crippen LogP contribution in [0, 0.1) is 0 Å². The van der Waals surface area contributed by atoms with E-state index in [2.05, 4.69) is 25.9 Å². The molecule has 1 aliphatic heterocycles. The molecule has 0 spiro atoms. The van der Waals surface area contributed by atoms with Gasteiger partial charge in [0.15, 0.2) is 17.3 Å². The molecule has 1 aliphatic rings. The van der Waals surface area contributed by atoms with Crippen LogP contribution in [0.5, 0.6) is 11.5 Å². The molecule has 5 rings (SSSR count). The van der Waals surface area contributed by atoms with Gasteiger partial charge in [-0.1, -0.05) is 6.07 Å². The number of benzene rings is 1. The van der Waals surface area contributed by atoms with Crippen LogP contribution in [0.1, 0.15) is 11.3 Å². The Morgan fingerprint density at radius 3 is 2.48 bits per heavy atom. The van der Waals surface area contributed by atoms with Crippen LogP contribution in [-0.2, 0) is 13.0 Å². The van der Waals surface area contributed by atoms with Crippen molar-refractivity contribution in [2.45, 2.75) is 13.0 Å². The number of methoxy groups -OCH3 is 2. The minimum atomic E-state index is 0. The monoisotopic (exact) mass is 470 g/mol. The number of rotatable bonds is 4. The predicted octanol–water partition coefficient (Wildman–Crippen LogP) is 0.0761. The van der Waals surface area contributed by atoms with Crippen LogP contribution in [0.25, 0.3) is 22.3 Å². The van der Waals surface area contributed by atoms with Crippen molar-refractivity contribution in [3.05, 3.63) is 60.2 Å². The van der Waals surface area contributed by atoms with E-state index >= 15 is 0 Å². The van der Waals surface area contributed by atoms with E-state index in [4.69, 9.17) is 20.2 Å². The molecule has 0 saturated carbocycles. The maximum absolute atomic E-state index is 6.58. The minimum Gasteiger partial charge on any atom is -0.870 e. The van der Waals surface area contributed by atoms with Crippen molar-refractivity contribution in [3.63, 3.8) is 0 Å². The molecular formula is C23H23KN6O3. The Morgan fingerprint density at radius 1 is 1.00 bits per heavy atom. The minimum absolute atomic E-state index is 0. The molecule has 0 atom stereocenters. The van der Waals surface area contributed by atoms with Gasteiger partial charge in [-0.05, 0) is 17.7 Å². The van der Waals surface area contributed by atoms with Crippen LogP contribution in [0.15, 0.2) is 48.9 Å². The number of hydrogen-bond acceptors (Lipinski definition) is 9. The SMILES string of the molecule is COc1cc2nc(N3CCc4ncccc4C3)cc(N)c2c(-c2ncccn2)c1OC.[K+].[OH-]. The molecule has 164 valence electrons. The van der Waals surface area contributed by atoms with Gasteiger partial charge in [0.05, 0.1) is 25.3 Å². The molecule has 33 heavy (non-hydrogen) atoms. The van der Waals surface area contributed by atoms with Crippen molar-refractivity contribution in [2.24, 2.45) is 0 Å². The first-order valence-corrected chi connectivity index (χ1v) is 10.00. The number of pyridine rings is 2. The zero-order chi connectivity index (χ0) is 21.4. The van der Waals surface area contributed by atoms with Gasteiger partial charge < -0.3 is 25.6 Å². The fraction of sp³-hybridized carbons (Fsp3) is 0.217. The van der Waals surface area contributed by atoms with Gasteiger partial charge in [0.2, 0.25) is 0 Å². The molecule has 10 heteroatoms. The van der Waals surface area contributed by atoms with Gasteiger partial charge in [-0.15, -0.1) is 0 Å². The van der Waals surface area contributed by atoms with Crippen LogP contribution < -0.4 is 71.5 Å². The molecular weight excluding hydrogens is 447 g/mol. The number of hydrogen-bond donors (Lipinski definition) is 1. The van der Waals surface area contributed by atoms with Crippen LogP contribution in [0.3, 0.4) is 0 Å². The maximum atomic E-state index is 6.58. The van der Waals surface area contributed by atoms with E-state index in [0.29, 0.717) is 34.1 Å². The fourth-order valence-electron chi connectivity index (χ4n) is 4.09. The average Bonchev–Trinajstić information content (AvgIpc) is 2.82. The van der Waals surface area contributed by atoms with Crippen LogP contribution in [0.4, 0.5) is 11.5 Å². The third-order valence-electron chi connectivity index (χ3n) is 5.53. The average molecular weight is 471 g/mol. The van der Waals surface area contributed by atoms with Gasteiger partial charge in [-0.25, -0.2) is 15.0 Å². The second-order valence-electron chi connectivity index (χ2n) is 7.30. The molecule has 0 bridgehead atoms. The summed E-state index contributed by atoms with van der Waals surface area (Å²) in [5.74, 6) is 2.39. The number of anilines is 2. The molecule has 9 nitrogen and oxygen atoms in total. The Hall–Kier alpha value is -2.34. The quantitative estimate of drug-likeness (QED) is 0.412. The molecule has 4 heterocycles. The third-order valence-corrected chi connectivity index (χ3v) is 5.53. The molecule has 0 saturated heterocycles. The number of nitrogen functional groups attached to an aromatic ring is 1. The fourth-order valence-corrected chi connectivity index (χ4v) is 4.09. The summed E-state index contributed by atoms with van der Waals surface area (Å²) in [6.45, 7) is 1.56. The van der Waals surface area contributed by atoms with Gasteiger partial charge in [-0.2, -0.15) is 0 Å². The Balaban J connectivity index is 0.00000153. The van der Waals surface area contributed by atoms with Crippen molar-refractivity contribution in [2.75, 3.05) is 31.4 Å². The predicted molar refractivity (Wildman–Crippen MR) is 121 cm³/mol. The van der Waals surface area contributed by atoms with E-state index in [9.17, 15) is 0 Å². The summed E-state index contributed by atoms with van der Waals surface area (Å²) in [6, 6.07) is 9.59. The Morgan fingerprint density at radius 2 is 1.76 bits per heavy atom. The van der Waals surface area contributed by atoms with E-state index < -0.39 is 0 Å². The summed E-state index contributed by atoms with van der Waals surface area (Å²) >= 11 is 0. The standard InChI is InChI=1S/C23H22N6O2.K.H2O/c1-30-18-12-17-20(21(22(18)31-2)23-26-8-4-9-27-23)15(24)11-19(28-17)29-10-6-16-14(13-29)5-3-7-25-16;;/h3-5,7-9,11-12H,6,10,13H2,1-2H3,(H2,24,28);;1H2/q;+1;/p-1. The molecule has 0 radical (unpaired) electrons. The van der Waals surface area contributed by atoms with Crippen molar-refractivity contribution in [3.8, 4) is 22.9 Å². The zero-order valence-electron chi connectivity index (χ0n) is 18.8. The van der Waals surface area contributed by atoms with Crippen molar-refractivity contribution in [1.29, 1.82) is 0 Å². The first-order valence-electron chi connectivity index (χ1n) is 10.00. The van der Waals surface area contributed by atoms with Gasteiger partial charge in [0.25, 0.3) is 0 Å². The van der Waals surface area contributed by atoms with Crippen molar-refractivity contribution >= 4 is 22.4 Å². The third kappa shape index (κ3) is 4.68. The summed E-state index contributed by atoms with van der Waals surface area (Å²) in [5, 5.41) is 0.742. The second kappa shape index (κ2) is 10.7. The number of aromatic nitrogens is 4. The van der Waals surface area contributed by atoms with Crippen LogP contribution in [0.2, 0.25) is 0 Å². The molecule has 4 aromatic rings. The van der Waals surface area contributed by atoms with E-state index in [-0.39, 0.29) is 56.9 Å². The van der Waals surface area contributed by atoms with Gasteiger partial charge in [0.1, 0.15) is 5.82 Å². The number of fused-ring (bicyclic) bond motifs is 2. The van der Waals surface area contributed by atoms with E-state index in [1.54, 1.807) is 32.7 Å². The van der Waals surface area contributed by atoms with Crippen molar-refractivity contribution < 1.29 is 66.3 Å². The zero-order valence-corrected chi connectivity index (χ0v) is 21.9. The summed E-state index contributed by atoms with van der Waals surface area (Å²) in [4.78, 5) is 20.5. The second-order valence-corrected chi connectivity index (χ2v) is 7.30. The molecule has 0 fully saturated rings. The molecule has 1 aromatic carbocycles. The smallest absolute Gasteiger partial charge is 0.870 e. The molecule has 0 aliphatic carbocycles. The summed E-state index contributed by atoms with van der Waals surface area (Å²) < 4.78 is 11.3. The maximum Gasteiger partial charge on any atom is 1.00 e. The van der Waals surface area contributed by atoms with E-state index in [1.165, 1.54) is 5.56 Å². The number of ether oxygens (including phenoxy) is 2. The van der Waals surface area contributed by atoms with E-state index in [0.717, 1.165) is 36.4 Å².